The van der Waals surface area contributed by atoms with E-state index in [0.29, 0.717) is 5.56 Å². The SMILES string of the molecule is Nc1n[nH]c(-c2ccc(C(F)(F)F)nc2)n1. The van der Waals surface area contributed by atoms with Gasteiger partial charge in [0.1, 0.15) is 5.69 Å². The summed E-state index contributed by atoms with van der Waals surface area (Å²) in [4.78, 5) is 7.04. The standard InChI is InChI=1S/C8H6F3N5/c9-8(10,11)5-2-1-4(3-13-5)6-14-7(12)16-15-6/h1-3H,(H3,12,14,15,16). The highest BCUT2D eigenvalue weighted by molar-refractivity contribution is 5.54. The number of aromatic amines is 1. The van der Waals surface area contributed by atoms with Crippen LogP contribution in [-0.2, 0) is 6.18 Å². The van der Waals surface area contributed by atoms with E-state index in [9.17, 15) is 13.2 Å². The summed E-state index contributed by atoms with van der Waals surface area (Å²) in [6, 6.07) is 2.11. The molecule has 0 saturated heterocycles. The fourth-order valence-electron chi connectivity index (χ4n) is 1.11. The fourth-order valence-corrected chi connectivity index (χ4v) is 1.11. The number of hydrogen-bond donors (Lipinski definition) is 2. The van der Waals surface area contributed by atoms with E-state index in [1.165, 1.54) is 6.07 Å². The lowest BCUT2D eigenvalue weighted by Gasteiger charge is -2.04. The first kappa shape index (κ1) is 10.4. The summed E-state index contributed by atoms with van der Waals surface area (Å²) in [5, 5.41) is 6.03. The maximum absolute atomic E-state index is 12.2. The molecule has 0 aliphatic carbocycles. The number of rotatable bonds is 1. The number of nitrogens with zero attached hydrogens (tertiary/aromatic N) is 3. The van der Waals surface area contributed by atoms with Gasteiger partial charge < -0.3 is 5.73 Å². The van der Waals surface area contributed by atoms with Gasteiger partial charge in [0.05, 0.1) is 0 Å². The smallest absolute Gasteiger partial charge is 0.366 e. The van der Waals surface area contributed by atoms with Crippen molar-refractivity contribution in [2.24, 2.45) is 0 Å². The van der Waals surface area contributed by atoms with E-state index in [-0.39, 0.29) is 11.8 Å². The van der Waals surface area contributed by atoms with Crippen LogP contribution < -0.4 is 5.73 Å². The third-order valence-corrected chi connectivity index (χ3v) is 1.83. The van der Waals surface area contributed by atoms with Gasteiger partial charge in [-0.25, -0.2) is 0 Å². The molecule has 0 saturated carbocycles. The molecule has 0 bridgehead atoms. The molecule has 2 rings (SSSR count). The molecule has 0 amide bonds. The molecule has 16 heavy (non-hydrogen) atoms. The summed E-state index contributed by atoms with van der Waals surface area (Å²) in [5.41, 5.74) is 4.69. The normalized spacial score (nSPS) is 11.7. The Bertz CT molecular complexity index is 487. The Labute approximate surface area is 87.5 Å². The van der Waals surface area contributed by atoms with Crippen molar-refractivity contribution >= 4 is 5.95 Å². The number of alkyl halides is 3. The predicted octanol–water partition coefficient (Wildman–Crippen LogP) is 1.47. The van der Waals surface area contributed by atoms with E-state index in [2.05, 4.69) is 20.2 Å². The number of aromatic nitrogens is 4. The van der Waals surface area contributed by atoms with Crippen LogP contribution in [0.4, 0.5) is 19.1 Å². The Morgan fingerprint density at radius 2 is 2.00 bits per heavy atom. The maximum Gasteiger partial charge on any atom is 0.433 e. The zero-order valence-corrected chi connectivity index (χ0v) is 7.78. The Balaban J connectivity index is 2.33. The Morgan fingerprint density at radius 3 is 2.44 bits per heavy atom. The van der Waals surface area contributed by atoms with Gasteiger partial charge >= 0.3 is 6.18 Å². The van der Waals surface area contributed by atoms with Gasteiger partial charge in [0.2, 0.25) is 5.95 Å². The second-order valence-electron chi connectivity index (χ2n) is 2.97. The summed E-state index contributed by atoms with van der Waals surface area (Å²) in [6.07, 6.45) is -3.39. The molecule has 84 valence electrons. The van der Waals surface area contributed by atoms with Crippen LogP contribution in [0, 0.1) is 0 Å². The summed E-state index contributed by atoms with van der Waals surface area (Å²) in [5.74, 6) is 0.300. The van der Waals surface area contributed by atoms with Gasteiger partial charge in [-0.2, -0.15) is 18.2 Å². The Kier molecular flexibility index (Phi) is 2.26. The molecular weight excluding hydrogens is 223 g/mol. The quantitative estimate of drug-likeness (QED) is 0.775. The van der Waals surface area contributed by atoms with Crippen LogP contribution in [0.15, 0.2) is 18.3 Å². The van der Waals surface area contributed by atoms with E-state index >= 15 is 0 Å². The second kappa shape index (κ2) is 3.47. The molecule has 0 aromatic carbocycles. The molecular formula is C8H6F3N5. The first-order valence-electron chi connectivity index (χ1n) is 4.18. The highest BCUT2D eigenvalue weighted by atomic mass is 19.4. The molecule has 2 aromatic heterocycles. The molecule has 8 heteroatoms. The molecule has 0 aliphatic rings. The average molecular weight is 229 g/mol. The summed E-state index contributed by atoms with van der Waals surface area (Å²) in [7, 11) is 0. The molecule has 3 N–H and O–H groups in total. The summed E-state index contributed by atoms with van der Waals surface area (Å²) < 4.78 is 36.6. The maximum atomic E-state index is 12.2. The minimum absolute atomic E-state index is 0.0231. The lowest BCUT2D eigenvalue weighted by Crippen LogP contribution is -2.07. The predicted molar refractivity (Wildman–Crippen MR) is 49.0 cm³/mol. The highest BCUT2D eigenvalue weighted by Crippen LogP contribution is 2.28. The average Bonchev–Trinajstić information content (AvgIpc) is 2.64. The topological polar surface area (TPSA) is 80.5 Å². The molecule has 0 spiro atoms. The van der Waals surface area contributed by atoms with Crippen LogP contribution in [-0.4, -0.2) is 20.2 Å². The fraction of sp³-hybridized carbons (Fsp3) is 0.125. The van der Waals surface area contributed by atoms with Crippen molar-refractivity contribution in [2.75, 3.05) is 5.73 Å². The van der Waals surface area contributed by atoms with Gasteiger partial charge in [0.25, 0.3) is 0 Å². The van der Waals surface area contributed by atoms with Gasteiger partial charge in [-0.1, -0.05) is 0 Å². The molecule has 2 aromatic rings. The molecule has 0 fully saturated rings. The van der Waals surface area contributed by atoms with E-state index in [0.717, 1.165) is 12.3 Å². The van der Waals surface area contributed by atoms with Gasteiger partial charge in [-0.15, -0.1) is 5.10 Å². The zero-order valence-electron chi connectivity index (χ0n) is 7.78. The number of hydrogen-bond acceptors (Lipinski definition) is 4. The number of nitrogen functional groups attached to an aromatic ring is 1. The second-order valence-corrected chi connectivity index (χ2v) is 2.97. The van der Waals surface area contributed by atoms with Crippen LogP contribution in [0.5, 0.6) is 0 Å². The minimum Gasteiger partial charge on any atom is -0.366 e. The van der Waals surface area contributed by atoms with E-state index < -0.39 is 11.9 Å². The van der Waals surface area contributed by atoms with Gasteiger partial charge in [0.15, 0.2) is 5.82 Å². The number of H-pyrrole nitrogens is 1. The van der Waals surface area contributed by atoms with Crippen molar-refractivity contribution in [3.05, 3.63) is 24.0 Å². The van der Waals surface area contributed by atoms with Crippen molar-refractivity contribution < 1.29 is 13.2 Å². The number of pyridine rings is 1. The number of nitrogens with two attached hydrogens (primary N) is 1. The number of halogens is 3. The molecule has 0 atom stereocenters. The van der Waals surface area contributed by atoms with Crippen molar-refractivity contribution in [1.82, 2.24) is 20.2 Å². The van der Waals surface area contributed by atoms with Crippen LogP contribution in [0.25, 0.3) is 11.4 Å². The van der Waals surface area contributed by atoms with Crippen LogP contribution in [0.2, 0.25) is 0 Å². The lowest BCUT2D eigenvalue weighted by atomic mass is 10.2. The Morgan fingerprint density at radius 1 is 1.25 bits per heavy atom. The number of anilines is 1. The third-order valence-electron chi connectivity index (χ3n) is 1.83. The third kappa shape index (κ3) is 1.95. The van der Waals surface area contributed by atoms with E-state index in [1.54, 1.807) is 0 Å². The largest absolute Gasteiger partial charge is 0.433 e. The molecule has 0 radical (unpaired) electrons. The van der Waals surface area contributed by atoms with Gasteiger partial charge in [0, 0.05) is 11.8 Å². The van der Waals surface area contributed by atoms with E-state index in [4.69, 9.17) is 5.73 Å². The lowest BCUT2D eigenvalue weighted by molar-refractivity contribution is -0.141. The molecule has 0 aliphatic heterocycles. The van der Waals surface area contributed by atoms with Crippen molar-refractivity contribution in [3.63, 3.8) is 0 Å². The van der Waals surface area contributed by atoms with Crippen molar-refractivity contribution in [1.29, 1.82) is 0 Å². The van der Waals surface area contributed by atoms with Crippen LogP contribution in [0.1, 0.15) is 5.69 Å². The monoisotopic (exact) mass is 229 g/mol. The summed E-state index contributed by atoms with van der Waals surface area (Å²) >= 11 is 0. The van der Waals surface area contributed by atoms with Gasteiger partial charge in [-0.3, -0.25) is 10.1 Å². The molecule has 2 heterocycles. The first-order chi connectivity index (χ1) is 7.47. The number of nitrogens with one attached hydrogen (secondary N) is 1. The zero-order chi connectivity index (χ0) is 11.8. The van der Waals surface area contributed by atoms with Gasteiger partial charge in [-0.05, 0) is 12.1 Å². The molecule has 5 nitrogen and oxygen atoms in total. The van der Waals surface area contributed by atoms with Crippen molar-refractivity contribution in [3.8, 4) is 11.4 Å². The van der Waals surface area contributed by atoms with E-state index in [1.807, 2.05) is 0 Å². The van der Waals surface area contributed by atoms with Crippen LogP contribution >= 0.6 is 0 Å². The Hall–Kier alpha value is -2.12. The first-order valence-corrected chi connectivity index (χ1v) is 4.18. The minimum atomic E-state index is -4.45. The summed E-state index contributed by atoms with van der Waals surface area (Å²) in [6.45, 7) is 0. The van der Waals surface area contributed by atoms with Crippen molar-refractivity contribution in [2.45, 2.75) is 6.18 Å². The molecule has 0 unspecified atom stereocenters. The highest BCUT2D eigenvalue weighted by Gasteiger charge is 2.32. The van der Waals surface area contributed by atoms with Crippen LogP contribution in [0.3, 0.4) is 0 Å².